The smallest absolute Gasteiger partial charge is 0.333 e. The fourth-order valence-electron chi connectivity index (χ4n) is 10.3. The Labute approximate surface area is 606 Å². The van der Waals surface area contributed by atoms with Crippen molar-refractivity contribution in [3.63, 3.8) is 0 Å². The van der Waals surface area contributed by atoms with Gasteiger partial charge in [-0.15, -0.1) is 0 Å². The Bertz CT molecular complexity index is 3420. The van der Waals surface area contributed by atoms with E-state index in [0.717, 1.165) is 85.1 Å². The Hall–Kier alpha value is -10.4. The van der Waals surface area contributed by atoms with Crippen molar-refractivity contribution in [2.45, 2.75) is 128 Å². The van der Waals surface area contributed by atoms with Gasteiger partial charge >= 0.3 is 47.8 Å². The number of unbranched alkanes of at least 4 members (excludes halogenated alkanes) is 6. The van der Waals surface area contributed by atoms with Crippen LogP contribution in [0.1, 0.15) is 101 Å². The SMILES string of the molecule is C=C(C)C(=O)OCCCCCCOc1ccc(/C=C\C(=O)OC2COC3C(OC(=O)/C=C/c4ccc(OCCCCCCOC(=O)C(=C)C)cc4)COC23)cc1.C=C(C)C(=O)OCCOc1ccc(/C=C\C(=O)OC2COC3C(OC(=O)/C=C/c4ccc(OCCOC(=O)C(=C)C)cc4)COC23)cc1. The molecule has 4 aromatic carbocycles. The van der Waals surface area contributed by atoms with Crippen LogP contribution in [0.4, 0.5) is 0 Å². The summed E-state index contributed by atoms with van der Waals surface area (Å²) >= 11 is 0. The van der Waals surface area contributed by atoms with E-state index in [2.05, 4.69) is 26.3 Å². The number of hydrogen-bond acceptors (Lipinski definition) is 24. The molecule has 24 heteroatoms. The molecular formula is C80H92O24. The third-order valence-corrected chi connectivity index (χ3v) is 15.8. The molecule has 8 atom stereocenters. The summed E-state index contributed by atoms with van der Waals surface area (Å²) in [5.41, 5.74) is 4.56. The Morgan fingerprint density at radius 3 is 0.750 bits per heavy atom. The zero-order valence-electron chi connectivity index (χ0n) is 59.2. The normalized spacial score (nSPS) is 19.2. The van der Waals surface area contributed by atoms with Gasteiger partial charge in [0.05, 0.1) is 52.9 Å². The topological polar surface area (TPSA) is 284 Å². The van der Waals surface area contributed by atoms with E-state index < -0.39 is 84.6 Å². The van der Waals surface area contributed by atoms with E-state index in [4.69, 9.17) is 75.8 Å². The number of fused-ring (bicyclic) bond motifs is 2. The molecule has 0 bridgehead atoms. The first-order valence-electron chi connectivity index (χ1n) is 34.4. The lowest BCUT2D eigenvalue weighted by molar-refractivity contribution is -0.150. The number of esters is 8. The second kappa shape index (κ2) is 43.5. The number of ether oxygens (including phenoxy) is 16. The van der Waals surface area contributed by atoms with E-state index in [-0.39, 0.29) is 64.8 Å². The number of carbonyl (C=O) groups excluding carboxylic acids is 8. The third kappa shape index (κ3) is 28.8. The Balaban J connectivity index is 0.000000294. The molecule has 0 spiro atoms. The molecule has 4 aliphatic rings. The fourth-order valence-corrected chi connectivity index (χ4v) is 10.3. The summed E-state index contributed by atoms with van der Waals surface area (Å²) in [6.07, 6.45) is 14.3. The van der Waals surface area contributed by atoms with Gasteiger partial charge in [0.15, 0.2) is 24.4 Å². The van der Waals surface area contributed by atoms with Crippen LogP contribution in [0.2, 0.25) is 0 Å². The molecule has 0 N–H and O–H groups in total. The molecule has 4 aliphatic heterocycles. The van der Waals surface area contributed by atoms with Crippen molar-refractivity contribution in [2.24, 2.45) is 0 Å². The average Bonchev–Trinajstić information content (AvgIpc) is 1.66. The maximum absolute atomic E-state index is 12.6. The summed E-state index contributed by atoms with van der Waals surface area (Å²) in [7, 11) is 0. The zero-order valence-corrected chi connectivity index (χ0v) is 59.2. The molecule has 8 unspecified atom stereocenters. The van der Waals surface area contributed by atoms with E-state index in [1.807, 2.05) is 48.5 Å². The van der Waals surface area contributed by atoms with Crippen LogP contribution in [0, 0.1) is 0 Å². The van der Waals surface area contributed by atoms with Crippen LogP contribution in [0.25, 0.3) is 24.3 Å². The molecule has 556 valence electrons. The molecule has 0 saturated carbocycles. The van der Waals surface area contributed by atoms with Gasteiger partial charge in [0, 0.05) is 46.6 Å². The van der Waals surface area contributed by atoms with Crippen LogP contribution in [0.3, 0.4) is 0 Å². The van der Waals surface area contributed by atoms with Crippen molar-refractivity contribution in [3.05, 3.63) is 192 Å². The van der Waals surface area contributed by atoms with Crippen LogP contribution < -0.4 is 18.9 Å². The minimum atomic E-state index is -0.653. The molecule has 4 saturated heterocycles. The Kier molecular flexibility index (Phi) is 33.9. The molecule has 0 aromatic heterocycles. The predicted octanol–water partition coefficient (Wildman–Crippen LogP) is 11.2. The number of hydrogen-bond donors (Lipinski definition) is 0. The lowest BCUT2D eigenvalue weighted by Crippen LogP contribution is -2.35. The van der Waals surface area contributed by atoms with E-state index >= 15 is 0 Å². The monoisotopic (exact) mass is 1440 g/mol. The zero-order chi connectivity index (χ0) is 74.6. The molecule has 0 aliphatic carbocycles. The van der Waals surface area contributed by atoms with Gasteiger partial charge in [-0.2, -0.15) is 0 Å². The van der Waals surface area contributed by atoms with Gasteiger partial charge in [0.1, 0.15) is 73.8 Å². The maximum Gasteiger partial charge on any atom is 0.333 e. The van der Waals surface area contributed by atoms with Crippen molar-refractivity contribution in [1.82, 2.24) is 0 Å². The van der Waals surface area contributed by atoms with Gasteiger partial charge < -0.3 is 75.8 Å². The summed E-state index contributed by atoms with van der Waals surface area (Å²) in [6, 6.07) is 28.7. The lowest BCUT2D eigenvalue weighted by Gasteiger charge is -2.16. The second-order valence-electron chi connectivity index (χ2n) is 24.6. The summed E-state index contributed by atoms with van der Waals surface area (Å²) in [5.74, 6) is -1.23. The predicted molar refractivity (Wildman–Crippen MR) is 382 cm³/mol. The summed E-state index contributed by atoms with van der Waals surface area (Å²) in [6.45, 7) is 23.6. The van der Waals surface area contributed by atoms with E-state index in [9.17, 15) is 38.4 Å². The third-order valence-electron chi connectivity index (χ3n) is 15.8. The fraction of sp³-hybridized carbons (Fsp3) is 0.400. The van der Waals surface area contributed by atoms with Crippen molar-refractivity contribution in [2.75, 3.05) is 79.3 Å². The standard InChI is InChI=1S/C44H54O12.C36H38O12/c1-31(2)43(47)51-27-11-7-5-9-25-49-35-19-13-33(14-20-35)17-23-39(45)55-37-29-53-42-38(30-54-41(37)42)56-40(46)24-18-34-15-21-36(22-16-34)50-26-10-6-8-12-28-52-44(48)32(3)4;1-23(2)35(39)43-19-17-41-27-11-5-25(6-12-27)9-15-31(37)47-29-21-45-34-30(22-46-33(29)34)48-32(38)16-10-26-7-13-28(14-8-26)42-18-20-44-36(40)24(3)4/h13-24,37-38,41-42H,1,3,5-12,25-30H2,2,4H3;5-16,29-30,33-34H,1,3,17-22H2,2,4H3/b23-17-,24-18+;15-9-,16-10+. The molecular weight excluding hydrogens is 1340 g/mol. The van der Waals surface area contributed by atoms with Crippen LogP contribution >= 0.6 is 0 Å². The highest BCUT2D eigenvalue weighted by atomic mass is 16.7. The van der Waals surface area contributed by atoms with Gasteiger partial charge in [0.2, 0.25) is 0 Å². The second-order valence-corrected chi connectivity index (χ2v) is 24.6. The van der Waals surface area contributed by atoms with E-state index in [1.54, 1.807) is 101 Å². The highest BCUT2D eigenvalue weighted by Crippen LogP contribution is 2.33. The molecule has 0 radical (unpaired) electrons. The largest absolute Gasteiger partial charge is 0.494 e. The summed E-state index contributed by atoms with van der Waals surface area (Å²) < 4.78 is 88.3. The highest BCUT2D eigenvalue weighted by Gasteiger charge is 2.52. The van der Waals surface area contributed by atoms with Gasteiger partial charge in [-0.1, -0.05) is 74.8 Å². The van der Waals surface area contributed by atoms with Crippen LogP contribution in [0.5, 0.6) is 23.0 Å². The van der Waals surface area contributed by atoms with Crippen molar-refractivity contribution in [3.8, 4) is 23.0 Å². The summed E-state index contributed by atoms with van der Waals surface area (Å²) in [5, 5.41) is 0. The molecule has 0 amide bonds. The minimum Gasteiger partial charge on any atom is -0.494 e. The number of rotatable bonds is 40. The number of benzene rings is 4. The molecule has 104 heavy (non-hydrogen) atoms. The van der Waals surface area contributed by atoms with Gasteiger partial charge in [-0.3, -0.25) is 0 Å². The lowest BCUT2D eigenvalue weighted by atomic mass is 10.1. The average molecular weight is 1440 g/mol. The molecule has 4 heterocycles. The van der Waals surface area contributed by atoms with E-state index in [0.29, 0.717) is 60.2 Å². The Morgan fingerprint density at radius 1 is 0.308 bits per heavy atom. The van der Waals surface area contributed by atoms with Crippen molar-refractivity contribution in [1.29, 1.82) is 0 Å². The molecule has 24 nitrogen and oxygen atoms in total. The van der Waals surface area contributed by atoms with Crippen molar-refractivity contribution < 1.29 is 114 Å². The van der Waals surface area contributed by atoms with Gasteiger partial charge in [0.25, 0.3) is 0 Å². The van der Waals surface area contributed by atoms with Gasteiger partial charge in [-0.05, 0) is 174 Å². The van der Waals surface area contributed by atoms with Crippen LogP contribution in [-0.2, 0) is 95.2 Å². The first kappa shape index (κ1) is 80.9. The molecule has 4 aromatic rings. The molecule has 4 fully saturated rings. The maximum atomic E-state index is 12.6. The Morgan fingerprint density at radius 2 is 0.519 bits per heavy atom. The quantitative estimate of drug-likeness (QED) is 0.0173. The number of carbonyl (C=O) groups is 8. The van der Waals surface area contributed by atoms with Crippen molar-refractivity contribution >= 4 is 72.1 Å². The van der Waals surface area contributed by atoms with Crippen LogP contribution in [0.15, 0.2) is 170 Å². The van der Waals surface area contributed by atoms with Gasteiger partial charge in [-0.25, -0.2) is 38.4 Å². The summed E-state index contributed by atoms with van der Waals surface area (Å²) in [4.78, 5) is 95.8. The molecule has 8 rings (SSSR count). The highest BCUT2D eigenvalue weighted by molar-refractivity contribution is 5.90. The van der Waals surface area contributed by atoms with Crippen LogP contribution in [-0.4, -0.2) is 176 Å². The first-order chi connectivity index (χ1) is 50.2. The first-order valence-corrected chi connectivity index (χ1v) is 34.4. The minimum absolute atomic E-state index is 0.100. The van der Waals surface area contributed by atoms with E-state index in [1.165, 1.54) is 24.3 Å².